The number of aliphatic carboxylic acids is 1. The van der Waals surface area contributed by atoms with Gasteiger partial charge in [-0.15, -0.1) is 0 Å². The van der Waals surface area contributed by atoms with Crippen LogP contribution >= 0.6 is 0 Å². The van der Waals surface area contributed by atoms with Gasteiger partial charge >= 0.3 is 5.97 Å². The lowest BCUT2D eigenvalue weighted by atomic mass is 9.75. The van der Waals surface area contributed by atoms with Crippen LogP contribution in [0.15, 0.2) is 24.3 Å². The number of carbonyl (C=O) groups is 1. The van der Waals surface area contributed by atoms with Crippen LogP contribution in [0.2, 0.25) is 0 Å². The van der Waals surface area contributed by atoms with E-state index in [1.165, 1.54) is 18.2 Å². The molecule has 2 rings (SSSR count). The van der Waals surface area contributed by atoms with E-state index >= 15 is 0 Å². The monoisotopic (exact) mass is 272 g/mol. The minimum absolute atomic E-state index is 0.0763. The Morgan fingerprint density at radius 2 is 1.78 bits per heavy atom. The minimum atomic E-state index is -3.19. The van der Waals surface area contributed by atoms with Gasteiger partial charge in [0.15, 0.2) is 0 Å². The van der Waals surface area contributed by atoms with E-state index in [0.717, 1.165) is 0 Å². The van der Waals surface area contributed by atoms with Gasteiger partial charge in [-0.25, -0.2) is 12.8 Å². The second-order valence-corrected chi connectivity index (χ2v) is 6.82. The molecule has 1 aliphatic rings. The highest BCUT2D eigenvalue weighted by atomic mass is 32.2. The highest BCUT2D eigenvalue weighted by molar-refractivity contribution is 7.91. The van der Waals surface area contributed by atoms with E-state index in [-0.39, 0.29) is 29.9 Å². The van der Waals surface area contributed by atoms with Gasteiger partial charge in [-0.1, -0.05) is 18.2 Å². The fourth-order valence-corrected chi connectivity index (χ4v) is 3.86. The molecule has 0 aromatic heterocycles. The maximum absolute atomic E-state index is 13.8. The number of benzene rings is 1. The maximum Gasteiger partial charge on any atom is 0.314 e. The summed E-state index contributed by atoms with van der Waals surface area (Å²) >= 11 is 0. The van der Waals surface area contributed by atoms with Gasteiger partial charge < -0.3 is 5.11 Å². The van der Waals surface area contributed by atoms with Crippen molar-refractivity contribution in [2.75, 3.05) is 11.5 Å². The van der Waals surface area contributed by atoms with Crippen molar-refractivity contribution in [2.24, 2.45) is 0 Å². The number of sulfone groups is 1. The second kappa shape index (κ2) is 4.35. The number of halogens is 1. The van der Waals surface area contributed by atoms with Crippen LogP contribution in [0.5, 0.6) is 0 Å². The Kier molecular flexibility index (Phi) is 3.14. The maximum atomic E-state index is 13.8. The third-order valence-corrected chi connectivity index (χ3v) is 5.13. The van der Waals surface area contributed by atoms with Crippen molar-refractivity contribution in [3.63, 3.8) is 0 Å². The lowest BCUT2D eigenvalue weighted by molar-refractivity contribution is -0.144. The van der Waals surface area contributed by atoms with E-state index < -0.39 is 27.0 Å². The first-order valence-electron chi connectivity index (χ1n) is 5.56. The predicted octanol–water partition coefficient (Wildman–Crippen LogP) is 1.36. The van der Waals surface area contributed by atoms with Crippen LogP contribution < -0.4 is 0 Å². The summed E-state index contributed by atoms with van der Waals surface area (Å²) in [6.07, 6.45) is -0.156. The molecular weight excluding hydrogens is 259 g/mol. The Bertz CT molecular complexity index is 565. The van der Waals surface area contributed by atoms with Crippen molar-refractivity contribution in [1.82, 2.24) is 0 Å². The van der Waals surface area contributed by atoms with Crippen LogP contribution in [-0.2, 0) is 20.0 Å². The van der Waals surface area contributed by atoms with Crippen LogP contribution in [0.1, 0.15) is 18.4 Å². The highest BCUT2D eigenvalue weighted by Crippen LogP contribution is 2.38. The molecule has 1 aromatic rings. The first-order chi connectivity index (χ1) is 8.37. The molecule has 1 saturated heterocycles. The fourth-order valence-electron chi connectivity index (χ4n) is 2.33. The Morgan fingerprint density at radius 3 is 2.28 bits per heavy atom. The van der Waals surface area contributed by atoms with Gasteiger partial charge in [0.2, 0.25) is 0 Å². The molecule has 98 valence electrons. The molecule has 0 bridgehead atoms. The molecule has 0 spiro atoms. The first kappa shape index (κ1) is 13.0. The molecule has 1 fully saturated rings. The van der Waals surface area contributed by atoms with Crippen LogP contribution in [-0.4, -0.2) is 31.0 Å². The van der Waals surface area contributed by atoms with Gasteiger partial charge in [0.25, 0.3) is 0 Å². The van der Waals surface area contributed by atoms with Crippen molar-refractivity contribution in [2.45, 2.75) is 18.3 Å². The van der Waals surface area contributed by atoms with E-state index in [9.17, 15) is 22.7 Å². The summed E-state index contributed by atoms with van der Waals surface area (Å²) in [5, 5.41) is 9.38. The van der Waals surface area contributed by atoms with Gasteiger partial charge in [-0.05, 0) is 18.9 Å². The fraction of sp³-hybridized carbons (Fsp3) is 0.417. The smallest absolute Gasteiger partial charge is 0.314 e. The number of hydrogen-bond donors (Lipinski definition) is 1. The molecule has 6 heteroatoms. The quantitative estimate of drug-likeness (QED) is 0.882. The summed E-state index contributed by atoms with van der Waals surface area (Å²) in [6, 6.07) is 5.66. The lowest BCUT2D eigenvalue weighted by Crippen LogP contribution is -2.44. The lowest BCUT2D eigenvalue weighted by Gasteiger charge is -2.33. The highest BCUT2D eigenvalue weighted by Gasteiger charge is 2.46. The third-order valence-electron chi connectivity index (χ3n) is 3.48. The SMILES string of the molecule is O=C(O)C1(c2ccccc2F)CCS(=O)(=O)CC1. The largest absolute Gasteiger partial charge is 0.481 e. The standard InChI is InChI=1S/C12H13FO4S/c13-10-4-2-1-3-9(10)12(11(14)15)5-7-18(16,17)8-6-12/h1-4H,5-8H2,(H,14,15). The summed E-state index contributed by atoms with van der Waals surface area (Å²) in [5.74, 6) is -2.19. The molecule has 1 heterocycles. The molecule has 0 saturated carbocycles. The summed E-state index contributed by atoms with van der Waals surface area (Å²) in [6.45, 7) is 0. The van der Waals surface area contributed by atoms with Crippen LogP contribution in [0.3, 0.4) is 0 Å². The van der Waals surface area contributed by atoms with Crippen molar-refractivity contribution in [3.05, 3.63) is 35.6 Å². The summed E-state index contributed by atoms with van der Waals surface area (Å²) < 4.78 is 36.5. The number of carboxylic acids is 1. The Labute approximate surface area is 104 Å². The molecule has 0 atom stereocenters. The van der Waals surface area contributed by atoms with Crippen molar-refractivity contribution in [1.29, 1.82) is 0 Å². The first-order valence-corrected chi connectivity index (χ1v) is 7.38. The Morgan fingerprint density at radius 1 is 1.22 bits per heavy atom. The Balaban J connectivity index is 2.48. The van der Waals surface area contributed by atoms with E-state index in [4.69, 9.17) is 0 Å². The van der Waals surface area contributed by atoms with Crippen LogP contribution in [0, 0.1) is 5.82 Å². The summed E-state index contributed by atoms with van der Waals surface area (Å²) in [4.78, 5) is 11.5. The van der Waals surface area contributed by atoms with E-state index in [0.29, 0.717) is 0 Å². The van der Waals surface area contributed by atoms with Crippen molar-refractivity contribution < 1.29 is 22.7 Å². The van der Waals surface area contributed by atoms with Gasteiger partial charge in [-0.3, -0.25) is 4.79 Å². The van der Waals surface area contributed by atoms with Crippen molar-refractivity contribution >= 4 is 15.8 Å². The molecule has 0 amide bonds. The van der Waals surface area contributed by atoms with Crippen LogP contribution in [0.25, 0.3) is 0 Å². The average molecular weight is 272 g/mol. The topological polar surface area (TPSA) is 71.4 Å². The molecule has 4 nitrogen and oxygen atoms in total. The van der Waals surface area contributed by atoms with Gasteiger partial charge in [0.05, 0.1) is 16.9 Å². The zero-order valence-electron chi connectivity index (χ0n) is 9.60. The second-order valence-electron chi connectivity index (χ2n) is 4.52. The van der Waals surface area contributed by atoms with E-state index in [1.807, 2.05) is 0 Å². The molecule has 18 heavy (non-hydrogen) atoms. The molecule has 1 N–H and O–H groups in total. The molecule has 0 aliphatic carbocycles. The molecule has 0 radical (unpaired) electrons. The van der Waals surface area contributed by atoms with Crippen LogP contribution in [0.4, 0.5) is 4.39 Å². The summed E-state index contributed by atoms with van der Waals surface area (Å²) in [7, 11) is -3.19. The zero-order chi connectivity index (χ0) is 13.4. The average Bonchev–Trinajstić information content (AvgIpc) is 2.30. The number of hydrogen-bond acceptors (Lipinski definition) is 3. The number of carboxylic acid groups (broad SMARTS) is 1. The molecule has 1 aliphatic heterocycles. The van der Waals surface area contributed by atoms with E-state index in [2.05, 4.69) is 0 Å². The third kappa shape index (κ3) is 2.12. The van der Waals surface area contributed by atoms with E-state index in [1.54, 1.807) is 6.07 Å². The van der Waals surface area contributed by atoms with Gasteiger partial charge in [0.1, 0.15) is 15.7 Å². The van der Waals surface area contributed by atoms with Gasteiger partial charge in [0, 0.05) is 5.56 Å². The normalized spacial score (nSPS) is 21.4. The van der Waals surface area contributed by atoms with Crippen molar-refractivity contribution in [3.8, 4) is 0 Å². The molecular formula is C12H13FO4S. The predicted molar refractivity (Wildman–Crippen MR) is 63.6 cm³/mol. The minimum Gasteiger partial charge on any atom is -0.481 e. The zero-order valence-corrected chi connectivity index (χ0v) is 10.4. The summed E-state index contributed by atoms with van der Waals surface area (Å²) in [5.41, 5.74) is -1.34. The molecule has 0 unspecified atom stereocenters. The van der Waals surface area contributed by atoms with Gasteiger partial charge in [-0.2, -0.15) is 0 Å². The molecule has 1 aromatic carbocycles. The number of rotatable bonds is 2. The Hall–Kier alpha value is -1.43.